The van der Waals surface area contributed by atoms with Crippen molar-refractivity contribution in [3.63, 3.8) is 0 Å². The first kappa shape index (κ1) is 11.5. The topological polar surface area (TPSA) is 55.2 Å². The predicted molar refractivity (Wildman–Crippen MR) is 63.8 cm³/mol. The smallest absolute Gasteiger partial charge is 0.143 e. The van der Waals surface area contributed by atoms with Crippen LogP contribution in [0.1, 0.15) is 23.1 Å². The van der Waals surface area contributed by atoms with Gasteiger partial charge in [0.15, 0.2) is 0 Å². The number of rotatable bonds is 3. The molecule has 0 fully saturated rings. The Balaban J connectivity index is 2.40. The zero-order valence-electron chi connectivity index (χ0n) is 9.79. The van der Waals surface area contributed by atoms with Crippen LogP contribution in [0.25, 0.3) is 0 Å². The van der Waals surface area contributed by atoms with E-state index in [-0.39, 0.29) is 0 Å². The Morgan fingerprint density at radius 1 is 1.24 bits per heavy atom. The predicted octanol–water partition coefficient (Wildman–Crippen LogP) is 1.88. The molecule has 88 valence electrons. The molecule has 0 aromatic carbocycles. The van der Waals surface area contributed by atoms with Crippen molar-refractivity contribution < 1.29 is 9.84 Å². The summed E-state index contributed by atoms with van der Waals surface area (Å²) >= 11 is 0. The largest absolute Gasteiger partial charge is 0.495 e. The third kappa shape index (κ3) is 2.42. The van der Waals surface area contributed by atoms with Gasteiger partial charge in [-0.3, -0.25) is 9.97 Å². The normalized spacial score (nSPS) is 12.2. The summed E-state index contributed by atoms with van der Waals surface area (Å²) < 4.78 is 5.17. The van der Waals surface area contributed by atoms with E-state index in [2.05, 4.69) is 9.97 Å². The summed E-state index contributed by atoms with van der Waals surface area (Å²) in [5.41, 5.74) is 2.10. The molecule has 0 bridgehead atoms. The fourth-order valence-electron chi connectivity index (χ4n) is 1.63. The Kier molecular flexibility index (Phi) is 3.35. The Bertz CT molecular complexity index is 514. The van der Waals surface area contributed by atoms with Crippen LogP contribution in [0.2, 0.25) is 0 Å². The van der Waals surface area contributed by atoms with Crippen LogP contribution in [0.4, 0.5) is 0 Å². The number of pyridine rings is 2. The lowest BCUT2D eigenvalue weighted by atomic mass is 10.1. The van der Waals surface area contributed by atoms with E-state index in [4.69, 9.17) is 4.74 Å². The number of aliphatic hydroxyl groups is 1. The van der Waals surface area contributed by atoms with Gasteiger partial charge in [0.05, 0.1) is 12.8 Å². The minimum Gasteiger partial charge on any atom is -0.495 e. The number of nitrogens with zero attached hydrogens (tertiary/aromatic N) is 2. The second-order valence-electron chi connectivity index (χ2n) is 3.75. The second kappa shape index (κ2) is 4.93. The second-order valence-corrected chi connectivity index (χ2v) is 3.75. The summed E-state index contributed by atoms with van der Waals surface area (Å²) in [6.45, 7) is 1.95. The molecule has 0 amide bonds. The summed E-state index contributed by atoms with van der Waals surface area (Å²) in [6.07, 6.45) is 2.42. The van der Waals surface area contributed by atoms with Crippen molar-refractivity contribution >= 4 is 0 Å². The highest BCUT2D eigenvalue weighted by atomic mass is 16.5. The minimum absolute atomic E-state index is 0.480. The van der Waals surface area contributed by atoms with Gasteiger partial charge in [0, 0.05) is 12.4 Å². The highest BCUT2D eigenvalue weighted by Gasteiger charge is 2.17. The fraction of sp³-hybridized carbons (Fsp3) is 0.231. The van der Waals surface area contributed by atoms with E-state index in [0.29, 0.717) is 17.1 Å². The standard InChI is InChI=1S/C13H14N2O2/c1-9-5-7-14-10(8-9)13(16)12-11(17-2)4-3-6-15-12/h3-8,13,16H,1-2H3. The zero-order chi connectivity index (χ0) is 12.3. The fourth-order valence-corrected chi connectivity index (χ4v) is 1.63. The van der Waals surface area contributed by atoms with Crippen molar-refractivity contribution in [3.05, 3.63) is 53.6 Å². The molecule has 1 unspecified atom stereocenters. The number of methoxy groups -OCH3 is 1. The van der Waals surface area contributed by atoms with Crippen LogP contribution in [0.5, 0.6) is 5.75 Å². The minimum atomic E-state index is -0.869. The molecule has 2 aromatic heterocycles. The van der Waals surface area contributed by atoms with E-state index in [1.54, 1.807) is 31.6 Å². The van der Waals surface area contributed by atoms with Gasteiger partial charge in [-0.1, -0.05) is 0 Å². The van der Waals surface area contributed by atoms with E-state index in [9.17, 15) is 5.11 Å². The van der Waals surface area contributed by atoms with E-state index in [1.165, 1.54) is 0 Å². The van der Waals surface area contributed by atoms with Crippen molar-refractivity contribution in [3.8, 4) is 5.75 Å². The van der Waals surface area contributed by atoms with Gasteiger partial charge < -0.3 is 9.84 Å². The lowest BCUT2D eigenvalue weighted by Crippen LogP contribution is -2.06. The van der Waals surface area contributed by atoms with Crippen LogP contribution in [-0.4, -0.2) is 22.2 Å². The highest BCUT2D eigenvalue weighted by molar-refractivity contribution is 5.33. The van der Waals surface area contributed by atoms with Gasteiger partial charge >= 0.3 is 0 Å². The van der Waals surface area contributed by atoms with Gasteiger partial charge in [-0.2, -0.15) is 0 Å². The van der Waals surface area contributed by atoms with Gasteiger partial charge in [-0.25, -0.2) is 0 Å². The van der Waals surface area contributed by atoms with Crippen LogP contribution < -0.4 is 4.74 Å². The van der Waals surface area contributed by atoms with Gasteiger partial charge in [0.1, 0.15) is 17.5 Å². The Hall–Kier alpha value is -1.94. The molecule has 2 aromatic rings. The monoisotopic (exact) mass is 230 g/mol. The molecule has 0 radical (unpaired) electrons. The molecule has 0 saturated heterocycles. The molecule has 1 atom stereocenters. The van der Waals surface area contributed by atoms with Crippen LogP contribution in [-0.2, 0) is 0 Å². The number of hydrogen-bond donors (Lipinski definition) is 1. The maximum absolute atomic E-state index is 10.2. The van der Waals surface area contributed by atoms with Gasteiger partial charge in [-0.05, 0) is 36.8 Å². The molecule has 0 aliphatic carbocycles. The Morgan fingerprint density at radius 2 is 2.06 bits per heavy atom. The summed E-state index contributed by atoms with van der Waals surface area (Å²) in [7, 11) is 1.55. The first-order valence-electron chi connectivity index (χ1n) is 5.32. The SMILES string of the molecule is COc1cccnc1C(O)c1cc(C)ccn1. The third-order valence-corrected chi connectivity index (χ3v) is 2.50. The molecular weight excluding hydrogens is 216 g/mol. The molecule has 2 heterocycles. The number of aliphatic hydroxyl groups excluding tert-OH is 1. The first-order chi connectivity index (χ1) is 8.22. The van der Waals surface area contributed by atoms with Gasteiger partial charge in [-0.15, -0.1) is 0 Å². The molecule has 4 nitrogen and oxygen atoms in total. The van der Waals surface area contributed by atoms with Gasteiger partial charge in [0.25, 0.3) is 0 Å². The number of ether oxygens (including phenoxy) is 1. The average molecular weight is 230 g/mol. The molecule has 0 saturated carbocycles. The lowest BCUT2D eigenvalue weighted by molar-refractivity contribution is 0.204. The van der Waals surface area contributed by atoms with Crippen molar-refractivity contribution in [1.29, 1.82) is 0 Å². The molecule has 17 heavy (non-hydrogen) atoms. The van der Waals surface area contributed by atoms with E-state index >= 15 is 0 Å². The number of hydrogen-bond acceptors (Lipinski definition) is 4. The van der Waals surface area contributed by atoms with Crippen molar-refractivity contribution in [2.45, 2.75) is 13.0 Å². The Morgan fingerprint density at radius 3 is 2.76 bits per heavy atom. The van der Waals surface area contributed by atoms with Crippen LogP contribution in [0.3, 0.4) is 0 Å². The molecule has 4 heteroatoms. The van der Waals surface area contributed by atoms with Crippen molar-refractivity contribution in [1.82, 2.24) is 9.97 Å². The maximum atomic E-state index is 10.2. The molecule has 0 aliphatic heterocycles. The lowest BCUT2D eigenvalue weighted by Gasteiger charge is -2.13. The first-order valence-corrected chi connectivity index (χ1v) is 5.32. The van der Waals surface area contributed by atoms with Crippen molar-refractivity contribution in [2.24, 2.45) is 0 Å². The van der Waals surface area contributed by atoms with Crippen LogP contribution in [0, 0.1) is 6.92 Å². The molecule has 2 rings (SSSR count). The molecule has 0 spiro atoms. The third-order valence-electron chi connectivity index (χ3n) is 2.50. The summed E-state index contributed by atoms with van der Waals surface area (Å²) in [5, 5.41) is 10.2. The summed E-state index contributed by atoms with van der Waals surface area (Å²) in [6, 6.07) is 7.24. The molecule has 0 aliphatic rings. The zero-order valence-corrected chi connectivity index (χ0v) is 9.79. The molecular formula is C13H14N2O2. The number of aryl methyl sites for hydroxylation is 1. The summed E-state index contributed by atoms with van der Waals surface area (Å²) in [5.74, 6) is 0.559. The summed E-state index contributed by atoms with van der Waals surface area (Å²) in [4.78, 5) is 8.29. The molecule has 1 N–H and O–H groups in total. The van der Waals surface area contributed by atoms with E-state index in [1.807, 2.05) is 19.1 Å². The average Bonchev–Trinajstić information content (AvgIpc) is 2.38. The van der Waals surface area contributed by atoms with Crippen molar-refractivity contribution in [2.75, 3.05) is 7.11 Å². The highest BCUT2D eigenvalue weighted by Crippen LogP contribution is 2.26. The van der Waals surface area contributed by atoms with E-state index < -0.39 is 6.10 Å². The van der Waals surface area contributed by atoms with Crippen LogP contribution in [0.15, 0.2) is 36.7 Å². The Labute approximate surface area is 99.9 Å². The number of aromatic nitrogens is 2. The maximum Gasteiger partial charge on any atom is 0.143 e. The quantitative estimate of drug-likeness (QED) is 0.874. The van der Waals surface area contributed by atoms with E-state index in [0.717, 1.165) is 5.56 Å². The van der Waals surface area contributed by atoms with Crippen LogP contribution >= 0.6 is 0 Å². The van der Waals surface area contributed by atoms with Gasteiger partial charge in [0.2, 0.25) is 0 Å².